The summed E-state index contributed by atoms with van der Waals surface area (Å²) in [5.41, 5.74) is 1.23. The monoisotopic (exact) mass is 444 g/mol. The third-order valence-electron chi connectivity index (χ3n) is 4.40. The van der Waals surface area contributed by atoms with Crippen molar-refractivity contribution in [3.05, 3.63) is 63.8 Å². The molecule has 0 amide bonds. The van der Waals surface area contributed by atoms with Gasteiger partial charge in [-0.2, -0.15) is 9.38 Å². The summed E-state index contributed by atoms with van der Waals surface area (Å²) >= 11 is 7.47. The predicted molar refractivity (Wildman–Crippen MR) is 113 cm³/mol. The molecule has 0 N–H and O–H groups in total. The first kappa shape index (κ1) is 20.3. The Bertz CT molecular complexity index is 1210. The van der Waals surface area contributed by atoms with Gasteiger partial charge >= 0.3 is 5.82 Å². The second-order valence-electron chi connectivity index (χ2n) is 6.31. The minimum atomic E-state index is -0.442. The summed E-state index contributed by atoms with van der Waals surface area (Å²) in [6.45, 7) is 1.11. The van der Waals surface area contributed by atoms with E-state index in [9.17, 15) is 10.1 Å². The van der Waals surface area contributed by atoms with Crippen molar-refractivity contribution >= 4 is 34.8 Å². The average Bonchev–Trinajstić information content (AvgIpc) is 3.30. The molecule has 3 heterocycles. The first-order chi connectivity index (χ1) is 14.6. The van der Waals surface area contributed by atoms with Crippen LogP contribution in [0, 0.1) is 10.1 Å². The fourth-order valence-electron chi connectivity index (χ4n) is 3.06. The van der Waals surface area contributed by atoms with Crippen LogP contribution in [-0.2, 0) is 11.3 Å². The molecule has 1 aromatic carbocycles. The van der Waals surface area contributed by atoms with Crippen LogP contribution < -0.4 is 0 Å². The van der Waals surface area contributed by atoms with E-state index in [1.165, 1.54) is 4.40 Å². The number of fused-ring (bicyclic) bond motifs is 1. The standard InChI is InChI=1S/C19H17ClN6O3S/c1-29-12-6-11-25-16(13-7-2-3-8-14(13)20)22-23-19(25)30-17-18(26(27)28)24-10-5-4-9-15(24)21-17/h2-5,7-10H,6,11-12H2,1H3. The Labute approximate surface area is 180 Å². The van der Waals surface area contributed by atoms with Gasteiger partial charge in [0.05, 0.1) is 11.2 Å². The van der Waals surface area contributed by atoms with Crippen LogP contribution in [0.5, 0.6) is 0 Å². The van der Waals surface area contributed by atoms with Crippen LogP contribution >= 0.6 is 23.4 Å². The van der Waals surface area contributed by atoms with Gasteiger partial charge < -0.3 is 19.4 Å². The topological polar surface area (TPSA) is 100 Å². The molecule has 4 aromatic rings. The molecule has 0 spiro atoms. The summed E-state index contributed by atoms with van der Waals surface area (Å²) in [4.78, 5) is 15.7. The zero-order chi connectivity index (χ0) is 21.1. The van der Waals surface area contributed by atoms with Gasteiger partial charge in [-0.25, -0.2) is 0 Å². The van der Waals surface area contributed by atoms with E-state index in [-0.39, 0.29) is 10.8 Å². The number of aromatic nitrogens is 5. The van der Waals surface area contributed by atoms with Crippen molar-refractivity contribution in [3.63, 3.8) is 0 Å². The summed E-state index contributed by atoms with van der Waals surface area (Å²) in [5, 5.41) is 21.6. The summed E-state index contributed by atoms with van der Waals surface area (Å²) in [6, 6.07) is 12.6. The number of ether oxygens (including phenoxy) is 1. The van der Waals surface area contributed by atoms with Gasteiger partial charge in [0.1, 0.15) is 0 Å². The summed E-state index contributed by atoms with van der Waals surface area (Å²) < 4.78 is 8.50. The van der Waals surface area contributed by atoms with Crippen LogP contribution in [0.3, 0.4) is 0 Å². The van der Waals surface area contributed by atoms with E-state index in [0.29, 0.717) is 41.2 Å². The third-order valence-corrected chi connectivity index (χ3v) is 5.68. The highest BCUT2D eigenvalue weighted by molar-refractivity contribution is 7.99. The van der Waals surface area contributed by atoms with Crippen molar-refractivity contribution in [1.82, 2.24) is 24.1 Å². The highest BCUT2D eigenvalue weighted by Gasteiger charge is 2.26. The number of benzene rings is 1. The van der Waals surface area contributed by atoms with Crippen molar-refractivity contribution in [1.29, 1.82) is 0 Å². The van der Waals surface area contributed by atoms with Crippen molar-refractivity contribution in [2.24, 2.45) is 0 Å². The van der Waals surface area contributed by atoms with Crippen molar-refractivity contribution in [3.8, 4) is 11.4 Å². The van der Waals surface area contributed by atoms with Gasteiger partial charge in [-0.05, 0) is 41.3 Å². The largest absolute Gasteiger partial charge is 0.385 e. The van der Waals surface area contributed by atoms with Gasteiger partial charge in [-0.15, -0.1) is 10.2 Å². The zero-order valence-corrected chi connectivity index (χ0v) is 17.5. The second kappa shape index (κ2) is 8.82. The quantitative estimate of drug-likeness (QED) is 0.226. The molecule has 0 fully saturated rings. The molecular formula is C19H17ClN6O3S. The lowest BCUT2D eigenvalue weighted by atomic mass is 10.2. The molecule has 0 aliphatic rings. The maximum atomic E-state index is 11.7. The molecule has 0 unspecified atom stereocenters. The predicted octanol–water partition coefficient (Wildman–Crippen LogP) is 4.34. The van der Waals surface area contributed by atoms with Gasteiger partial charge in [0, 0.05) is 31.9 Å². The molecule has 3 aromatic heterocycles. The van der Waals surface area contributed by atoms with E-state index >= 15 is 0 Å². The Balaban J connectivity index is 1.78. The van der Waals surface area contributed by atoms with Gasteiger partial charge in [0.15, 0.2) is 11.0 Å². The highest BCUT2D eigenvalue weighted by atomic mass is 35.5. The van der Waals surface area contributed by atoms with Crippen LogP contribution in [0.25, 0.3) is 17.0 Å². The van der Waals surface area contributed by atoms with Crippen molar-refractivity contribution < 1.29 is 9.66 Å². The Morgan fingerprint density at radius 1 is 1.20 bits per heavy atom. The number of hydrogen-bond donors (Lipinski definition) is 0. The number of methoxy groups -OCH3 is 1. The fraction of sp³-hybridized carbons (Fsp3) is 0.211. The molecule has 0 aliphatic carbocycles. The Morgan fingerprint density at radius 3 is 2.77 bits per heavy atom. The molecule has 9 nitrogen and oxygen atoms in total. The van der Waals surface area contributed by atoms with Crippen molar-refractivity contribution in [2.45, 2.75) is 23.1 Å². The number of pyridine rings is 1. The van der Waals surface area contributed by atoms with E-state index in [4.69, 9.17) is 16.3 Å². The molecule has 0 atom stereocenters. The number of nitro groups is 1. The van der Waals surface area contributed by atoms with Gasteiger partial charge in [-0.3, -0.25) is 0 Å². The smallest absolute Gasteiger partial charge is 0.362 e. The fourth-order valence-corrected chi connectivity index (χ4v) is 4.22. The van der Waals surface area contributed by atoms with Crippen LogP contribution in [0.2, 0.25) is 5.02 Å². The lowest BCUT2D eigenvalue weighted by molar-refractivity contribution is -0.393. The maximum absolute atomic E-state index is 11.7. The number of hydrogen-bond acceptors (Lipinski definition) is 7. The number of imidazole rings is 1. The molecule has 0 saturated carbocycles. The molecule has 0 aliphatic heterocycles. The zero-order valence-electron chi connectivity index (χ0n) is 15.9. The third kappa shape index (κ3) is 3.89. The second-order valence-corrected chi connectivity index (χ2v) is 7.68. The van der Waals surface area contributed by atoms with Crippen LogP contribution in [0.4, 0.5) is 5.82 Å². The summed E-state index contributed by atoms with van der Waals surface area (Å²) in [5.74, 6) is 0.479. The van der Waals surface area contributed by atoms with Gasteiger partial charge in [-0.1, -0.05) is 29.8 Å². The SMILES string of the molecule is COCCCn1c(Sc2nc3ccccn3c2[N+](=O)[O-])nnc1-c1ccccc1Cl. The molecule has 30 heavy (non-hydrogen) atoms. The Hall–Kier alpha value is -2.95. The average molecular weight is 445 g/mol. The molecule has 0 saturated heterocycles. The van der Waals surface area contributed by atoms with E-state index in [1.54, 1.807) is 37.6 Å². The lowest BCUT2D eigenvalue weighted by Gasteiger charge is -2.10. The Morgan fingerprint density at radius 2 is 2.00 bits per heavy atom. The van der Waals surface area contributed by atoms with Crippen LogP contribution in [0.1, 0.15) is 6.42 Å². The van der Waals surface area contributed by atoms with Gasteiger partial charge in [0.25, 0.3) is 0 Å². The number of halogens is 1. The minimum Gasteiger partial charge on any atom is -0.385 e. The van der Waals surface area contributed by atoms with E-state index < -0.39 is 4.92 Å². The van der Waals surface area contributed by atoms with E-state index in [2.05, 4.69) is 15.2 Å². The van der Waals surface area contributed by atoms with E-state index in [1.807, 2.05) is 22.8 Å². The molecular weight excluding hydrogens is 428 g/mol. The lowest BCUT2D eigenvalue weighted by Crippen LogP contribution is -2.05. The normalized spacial score (nSPS) is 11.3. The van der Waals surface area contributed by atoms with Gasteiger partial charge in [0.2, 0.25) is 10.7 Å². The van der Waals surface area contributed by atoms with Crippen LogP contribution in [0.15, 0.2) is 58.8 Å². The first-order valence-electron chi connectivity index (χ1n) is 9.06. The molecule has 154 valence electrons. The highest BCUT2D eigenvalue weighted by Crippen LogP contribution is 2.36. The summed E-state index contributed by atoms with van der Waals surface area (Å²) in [7, 11) is 1.64. The number of rotatable bonds is 8. The number of nitrogens with zero attached hydrogens (tertiary/aromatic N) is 6. The minimum absolute atomic E-state index is 0.110. The first-order valence-corrected chi connectivity index (χ1v) is 10.3. The summed E-state index contributed by atoms with van der Waals surface area (Å²) in [6.07, 6.45) is 2.33. The van der Waals surface area contributed by atoms with Crippen molar-refractivity contribution in [2.75, 3.05) is 13.7 Å². The Kier molecular flexibility index (Phi) is 5.98. The van der Waals surface area contributed by atoms with Crippen LogP contribution in [-0.4, -0.2) is 42.8 Å². The molecule has 0 bridgehead atoms. The molecule has 11 heteroatoms. The molecule has 4 rings (SSSR count). The molecule has 0 radical (unpaired) electrons. The van der Waals surface area contributed by atoms with E-state index in [0.717, 1.165) is 17.3 Å². The maximum Gasteiger partial charge on any atom is 0.362 e.